The lowest BCUT2D eigenvalue weighted by Gasteiger charge is -2.23. The fourth-order valence-electron chi connectivity index (χ4n) is 5.22. The molecule has 0 aliphatic carbocycles. The molecule has 0 saturated carbocycles. The number of likely N-dealkylation sites (tertiary alicyclic amines) is 1. The highest BCUT2D eigenvalue weighted by Gasteiger charge is 2.53. The quantitative estimate of drug-likeness (QED) is 0.637. The second-order valence-corrected chi connectivity index (χ2v) is 8.56. The van der Waals surface area contributed by atoms with Gasteiger partial charge in [0, 0.05) is 43.4 Å². The molecule has 2 bridgehead atoms. The molecule has 3 aliphatic heterocycles. The molecule has 5 heterocycles. The van der Waals surface area contributed by atoms with Gasteiger partial charge in [-0.1, -0.05) is 6.07 Å². The number of aryl methyl sites for hydroxylation is 2. The second kappa shape index (κ2) is 7.44. The number of rotatable bonds is 4. The molecule has 5 rings (SSSR count). The van der Waals surface area contributed by atoms with Crippen LogP contribution in [0.4, 0.5) is 0 Å². The molecule has 0 amide bonds. The van der Waals surface area contributed by atoms with Crippen LogP contribution in [-0.2, 0) is 11.3 Å². The summed E-state index contributed by atoms with van der Waals surface area (Å²) in [4.78, 5) is 12.0. The van der Waals surface area contributed by atoms with Gasteiger partial charge in [0.2, 0.25) is 0 Å². The summed E-state index contributed by atoms with van der Waals surface area (Å²) < 4.78 is 7.99. The standard InChI is InChI=1S/C22H30N6O/c1-4-23-22(27-12-17-18(13-27)20-7-6-19(17)29-20)25-11-16-5-8-21(24-10-16)28-15(3)9-14(2)26-28/h5,8-10,17-20H,4,6-7,11-13H2,1-3H3,(H,23,25). The third kappa shape index (κ3) is 3.41. The Labute approximate surface area is 172 Å². The van der Waals surface area contributed by atoms with Gasteiger partial charge in [-0.2, -0.15) is 5.10 Å². The topological polar surface area (TPSA) is 67.6 Å². The summed E-state index contributed by atoms with van der Waals surface area (Å²) in [7, 11) is 0. The van der Waals surface area contributed by atoms with Crippen LogP contribution in [0.1, 0.15) is 36.7 Å². The second-order valence-electron chi connectivity index (χ2n) is 8.56. The molecule has 3 fully saturated rings. The molecule has 7 nitrogen and oxygen atoms in total. The molecular formula is C22H30N6O. The zero-order valence-corrected chi connectivity index (χ0v) is 17.5. The Hall–Kier alpha value is -2.41. The number of fused-ring (bicyclic) bond motifs is 5. The van der Waals surface area contributed by atoms with Gasteiger partial charge in [-0.05, 0) is 51.3 Å². The van der Waals surface area contributed by atoms with Gasteiger partial charge in [-0.25, -0.2) is 14.7 Å². The number of nitrogens with one attached hydrogen (secondary N) is 1. The van der Waals surface area contributed by atoms with Crippen LogP contribution in [0.15, 0.2) is 29.4 Å². The van der Waals surface area contributed by atoms with Crippen molar-refractivity contribution < 1.29 is 4.74 Å². The van der Waals surface area contributed by atoms with Crippen molar-refractivity contribution in [2.75, 3.05) is 19.6 Å². The van der Waals surface area contributed by atoms with Crippen molar-refractivity contribution in [1.29, 1.82) is 0 Å². The van der Waals surface area contributed by atoms with Crippen LogP contribution in [0.3, 0.4) is 0 Å². The van der Waals surface area contributed by atoms with Crippen molar-refractivity contribution in [3.63, 3.8) is 0 Å². The summed E-state index contributed by atoms with van der Waals surface area (Å²) in [6, 6.07) is 6.18. The number of nitrogens with zero attached hydrogens (tertiary/aromatic N) is 5. The lowest BCUT2D eigenvalue weighted by Crippen LogP contribution is -2.41. The molecule has 0 spiro atoms. The molecule has 2 aromatic rings. The van der Waals surface area contributed by atoms with Crippen LogP contribution in [0.2, 0.25) is 0 Å². The summed E-state index contributed by atoms with van der Waals surface area (Å²) in [5.74, 6) is 3.22. The number of ether oxygens (including phenoxy) is 1. The molecule has 0 aromatic carbocycles. The monoisotopic (exact) mass is 394 g/mol. The third-order valence-electron chi connectivity index (χ3n) is 6.53. The van der Waals surface area contributed by atoms with Gasteiger partial charge < -0.3 is 15.0 Å². The van der Waals surface area contributed by atoms with Gasteiger partial charge >= 0.3 is 0 Å². The van der Waals surface area contributed by atoms with Gasteiger partial charge in [-0.15, -0.1) is 0 Å². The lowest BCUT2D eigenvalue weighted by atomic mass is 9.82. The highest BCUT2D eigenvalue weighted by Crippen LogP contribution is 2.47. The van der Waals surface area contributed by atoms with Crippen LogP contribution >= 0.6 is 0 Å². The predicted molar refractivity (Wildman–Crippen MR) is 112 cm³/mol. The Bertz CT molecular complexity index is 887. The average Bonchev–Trinajstić information content (AvgIpc) is 3.47. The molecular weight excluding hydrogens is 364 g/mol. The van der Waals surface area contributed by atoms with Gasteiger partial charge in [0.25, 0.3) is 0 Å². The van der Waals surface area contributed by atoms with Crippen molar-refractivity contribution in [3.05, 3.63) is 41.3 Å². The van der Waals surface area contributed by atoms with E-state index in [4.69, 9.17) is 9.73 Å². The minimum atomic E-state index is 0.476. The molecule has 4 atom stereocenters. The Morgan fingerprint density at radius 1 is 1.21 bits per heavy atom. The van der Waals surface area contributed by atoms with E-state index in [1.54, 1.807) is 0 Å². The zero-order valence-electron chi connectivity index (χ0n) is 17.5. The Morgan fingerprint density at radius 3 is 2.55 bits per heavy atom. The van der Waals surface area contributed by atoms with E-state index < -0.39 is 0 Å². The first-order chi connectivity index (χ1) is 14.1. The Morgan fingerprint density at radius 2 is 1.97 bits per heavy atom. The van der Waals surface area contributed by atoms with Crippen LogP contribution in [0, 0.1) is 25.7 Å². The molecule has 7 heteroatoms. The van der Waals surface area contributed by atoms with Gasteiger partial charge in [-0.3, -0.25) is 0 Å². The summed E-state index contributed by atoms with van der Waals surface area (Å²) in [5.41, 5.74) is 3.20. The SMILES string of the molecule is CCNC(=NCc1ccc(-n2nc(C)cc2C)nc1)N1CC2C3CCC(O3)C2C1. The van der Waals surface area contributed by atoms with Gasteiger partial charge in [0.1, 0.15) is 0 Å². The highest BCUT2D eigenvalue weighted by molar-refractivity contribution is 5.80. The first-order valence-electron chi connectivity index (χ1n) is 10.8. The number of pyridine rings is 1. The maximum Gasteiger partial charge on any atom is 0.194 e. The minimum absolute atomic E-state index is 0.476. The van der Waals surface area contributed by atoms with E-state index in [2.05, 4.69) is 39.4 Å². The normalized spacial score (nSPS) is 28.2. The van der Waals surface area contributed by atoms with Gasteiger partial charge in [0.15, 0.2) is 11.8 Å². The van der Waals surface area contributed by atoms with Crippen LogP contribution in [-0.4, -0.2) is 57.5 Å². The molecule has 2 aromatic heterocycles. The number of guanidine groups is 1. The summed E-state index contributed by atoms with van der Waals surface area (Å²) in [6.07, 6.45) is 5.33. The van der Waals surface area contributed by atoms with Crippen molar-refractivity contribution >= 4 is 5.96 Å². The van der Waals surface area contributed by atoms with E-state index in [0.29, 0.717) is 30.6 Å². The third-order valence-corrected chi connectivity index (χ3v) is 6.53. The van der Waals surface area contributed by atoms with E-state index in [-0.39, 0.29) is 0 Å². The maximum absolute atomic E-state index is 6.11. The fourth-order valence-corrected chi connectivity index (χ4v) is 5.22. The molecule has 4 unspecified atom stereocenters. The molecule has 0 radical (unpaired) electrons. The van der Waals surface area contributed by atoms with Crippen molar-refractivity contribution in [2.45, 2.75) is 52.4 Å². The van der Waals surface area contributed by atoms with Gasteiger partial charge in [0.05, 0.1) is 24.4 Å². The van der Waals surface area contributed by atoms with Crippen LogP contribution in [0.5, 0.6) is 0 Å². The number of hydrogen-bond acceptors (Lipinski definition) is 4. The Balaban J connectivity index is 1.28. The number of hydrogen-bond donors (Lipinski definition) is 1. The predicted octanol–water partition coefficient (Wildman–Crippen LogP) is 2.46. The van der Waals surface area contributed by atoms with Crippen molar-refractivity contribution in [3.8, 4) is 5.82 Å². The van der Waals surface area contributed by atoms with E-state index >= 15 is 0 Å². The molecule has 1 N–H and O–H groups in total. The minimum Gasteiger partial charge on any atom is -0.374 e. The van der Waals surface area contributed by atoms with E-state index in [9.17, 15) is 0 Å². The zero-order chi connectivity index (χ0) is 20.0. The number of aromatic nitrogens is 3. The van der Waals surface area contributed by atoms with Crippen molar-refractivity contribution in [2.24, 2.45) is 16.8 Å². The van der Waals surface area contributed by atoms with Crippen LogP contribution in [0.25, 0.3) is 5.82 Å². The van der Waals surface area contributed by atoms with E-state index in [1.807, 2.05) is 30.8 Å². The highest BCUT2D eigenvalue weighted by atomic mass is 16.5. The largest absolute Gasteiger partial charge is 0.374 e. The Kier molecular flexibility index (Phi) is 4.78. The lowest BCUT2D eigenvalue weighted by molar-refractivity contribution is 0.0767. The average molecular weight is 395 g/mol. The van der Waals surface area contributed by atoms with E-state index in [0.717, 1.165) is 48.4 Å². The molecule has 3 saturated heterocycles. The van der Waals surface area contributed by atoms with Crippen molar-refractivity contribution in [1.82, 2.24) is 25.0 Å². The maximum atomic E-state index is 6.11. The fraction of sp³-hybridized carbons (Fsp3) is 0.591. The number of aliphatic imine (C=N–C) groups is 1. The molecule has 29 heavy (non-hydrogen) atoms. The molecule has 154 valence electrons. The van der Waals surface area contributed by atoms with Crippen LogP contribution < -0.4 is 5.32 Å². The first kappa shape index (κ1) is 18.6. The first-order valence-corrected chi connectivity index (χ1v) is 10.8. The summed E-state index contributed by atoms with van der Waals surface area (Å²) >= 11 is 0. The van der Waals surface area contributed by atoms with E-state index in [1.165, 1.54) is 12.8 Å². The summed E-state index contributed by atoms with van der Waals surface area (Å²) in [5, 5.41) is 7.99. The smallest absolute Gasteiger partial charge is 0.194 e. The summed E-state index contributed by atoms with van der Waals surface area (Å²) in [6.45, 7) is 9.80. The molecule has 3 aliphatic rings.